The van der Waals surface area contributed by atoms with Gasteiger partial charge in [-0.1, -0.05) is 0 Å². The Labute approximate surface area is 137 Å². The molecule has 1 saturated carbocycles. The Morgan fingerprint density at radius 3 is 2.70 bits per heavy atom. The number of likely N-dealkylation sites (tertiary alicyclic amines) is 1. The average Bonchev–Trinajstić information content (AvgIpc) is 3.04. The molecule has 0 bridgehead atoms. The van der Waals surface area contributed by atoms with Gasteiger partial charge in [-0.2, -0.15) is 5.10 Å². The van der Waals surface area contributed by atoms with Crippen molar-refractivity contribution in [3.63, 3.8) is 0 Å². The van der Waals surface area contributed by atoms with Crippen LogP contribution < -0.4 is 0 Å². The first-order chi connectivity index (χ1) is 11.1. The molecule has 2 fully saturated rings. The zero-order chi connectivity index (χ0) is 16.0. The van der Waals surface area contributed by atoms with Gasteiger partial charge in [-0.3, -0.25) is 9.58 Å². The third kappa shape index (κ3) is 2.92. The van der Waals surface area contributed by atoms with E-state index in [1.807, 2.05) is 0 Å². The number of hydrogen-bond acceptors (Lipinski definition) is 4. The topological polar surface area (TPSA) is 51.8 Å². The second-order valence-electron chi connectivity index (χ2n) is 7.18. The third-order valence-electron chi connectivity index (χ3n) is 5.27. The highest BCUT2D eigenvalue weighted by atomic mass is 15.3. The summed E-state index contributed by atoms with van der Waals surface area (Å²) in [6.07, 6.45) is 5.05. The van der Waals surface area contributed by atoms with Gasteiger partial charge in [-0.05, 0) is 52.1 Å². The lowest BCUT2D eigenvalue weighted by Crippen LogP contribution is -2.34. The number of rotatable bonds is 5. The van der Waals surface area contributed by atoms with Crippen molar-refractivity contribution in [1.29, 1.82) is 0 Å². The van der Waals surface area contributed by atoms with Crippen LogP contribution in [0.25, 0.3) is 0 Å². The molecule has 0 radical (unpaired) electrons. The van der Waals surface area contributed by atoms with Crippen molar-refractivity contribution in [2.75, 3.05) is 6.54 Å². The molecule has 0 amide bonds. The molecule has 1 unspecified atom stereocenters. The van der Waals surface area contributed by atoms with Crippen molar-refractivity contribution in [3.8, 4) is 0 Å². The van der Waals surface area contributed by atoms with Crippen molar-refractivity contribution < 1.29 is 0 Å². The SMILES string of the molecule is Cc1cc(C)n(CC2CCCN2Cc2nnc(C3CC3)n2C)n1. The molecule has 6 heteroatoms. The largest absolute Gasteiger partial charge is 0.317 e. The minimum absolute atomic E-state index is 0.550. The van der Waals surface area contributed by atoms with Crippen molar-refractivity contribution in [1.82, 2.24) is 29.4 Å². The summed E-state index contributed by atoms with van der Waals surface area (Å²) >= 11 is 0. The second kappa shape index (κ2) is 5.74. The average molecular weight is 314 g/mol. The van der Waals surface area contributed by atoms with Gasteiger partial charge in [0.05, 0.1) is 18.8 Å². The molecule has 1 saturated heterocycles. The Morgan fingerprint density at radius 1 is 1.17 bits per heavy atom. The maximum absolute atomic E-state index is 4.63. The number of nitrogens with zero attached hydrogens (tertiary/aromatic N) is 6. The quantitative estimate of drug-likeness (QED) is 0.849. The van der Waals surface area contributed by atoms with Crippen molar-refractivity contribution in [2.45, 2.75) is 64.6 Å². The maximum Gasteiger partial charge on any atom is 0.146 e. The summed E-state index contributed by atoms with van der Waals surface area (Å²) in [5, 5.41) is 13.5. The van der Waals surface area contributed by atoms with Gasteiger partial charge in [0.2, 0.25) is 0 Å². The summed E-state index contributed by atoms with van der Waals surface area (Å²) in [6, 6.07) is 2.71. The fourth-order valence-electron chi connectivity index (χ4n) is 3.76. The first-order valence-corrected chi connectivity index (χ1v) is 8.75. The van der Waals surface area contributed by atoms with Crippen LogP contribution >= 0.6 is 0 Å². The van der Waals surface area contributed by atoms with Gasteiger partial charge in [0, 0.05) is 24.7 Å². The summed E-state index contributed by atoms with van der Waals surface area (Å²) in [5.74, 6) is 2.94. The Balaban J connectivity index is 1.46. The van der Waals surface area contributed by atoms with E-state index in [9.17, 15) is 0 Å². The van der Waals surface area contributed by atoms with Gasteiger partial charge in [0.25, 0.3) is 0 Å². The molecular weight excluding hydrogens is 288 g/mol. The fraction of sp³-hybridized carbons (Fsp3) is 0.706. The van der Waals surface area contributed by atoms with E-state index in [1.54, 1.807) is 0 Å². The van der Waals surface area contributed by atoms with Crippen LogP contribution in [0.3, 0.4) is 0 Å². The minimum Gasteiger partial charge on any atom is -0.317 e. The molecule has 2 aliphatic rings. The minimum atomic E-state index is 0.550. The van der Waals surface area contributed by atoms with E-state index >= 15 is 0 Å². The Hall–Kier alpha value is -1.69. The molecule has 1 aliphatic heterocycles. The van der Waals surface area contributed by atoms with E-state index in [1.165, 1.54) is 37.2 Å². The predicted molar refractivity (Wildman–Crippen MR) is 88.1 cm³/mol. The molecule has 23 heavy (non-hydrogen) atoms. The van der Waals surface area contributed by atoms with Gasteiger partial charge in [-0.25, -0.2) is 0 Å². The van der Waals surface area contributed by atoms with Crippen molar-refractivity contribution in [2.24, 2.45) is 7.05 Å². The maximum atomic E-state index is 4.63. The van der Waals surface area contributed by atoms with Gasteiger partial charge in [0.15, 0.2) is 0 Å². The summed E-state index contributed by atoms with van der Waals surface area (Å²) in [4.78, 5) is 2.55. The Morgan fingerprint density at radius 2 is 2.00 bits per heavy atom. The molecule has 1 aliphatic carbocycles. The molecule has 0 spiro atoms. The number of aromatic nitrogens is 5. The smallest absolute Gasteiger partial charge is 0.146 e. The molecular formula is C17H26N6. The summed E-state index contributed by atoms with van der Waals surface area (Å²) in [5.41, 5.74) is 2.36. The molecule has 2 aromatic heterocycles. The lowest BCUT2D eigenvalue weighted by molar-refractivity contribution is 0.211. The van der Waals surface area contributed by atoms with Crippen LogP contribution in [0.2, 0.25) is 0 Å². The Bertz CT molecular complexity index is 696. The fourth-order valence-corrected chi connectivity index (χ4v) is 3.76. The van der Waals surface area contributed by atoms with Crippen LogP contribution in [-0.2, 0) is 20.1 Å². The van der Waals surface area contributed by atoms with Gasteiger partial charge in [-0.15, -0.1) is 10.2 Å². The molecule has 4 rings (SSSR count). The first kappa shape index (κ1) is 14.9. The molecule has 1 atom stereocenters. The summed E-state index contributed by atoms with van der Waals surface area (Å²) in [6.45, 7) is 7.24. The Kier molecular flexibility index (Phi) is 3.71. The molecule has 3 heterocycles. The van der Waals surface area contributed by atoms with Crippen LogP contribution in [0.5, 0.6) is 0 Å². The zero-order valence-corrected chi connectivity index (χ0v) is 14.4. The highest BCUT2D eigenvalue weighted by Crippen LogP contribution is 2.38. The highest BCUT2D eigenvalue weighted by Gasteiger charge is 2.31. The van der Waals surface area contributed by atoms with Crippen LogP contribution in [0, 0.1) is 13.8 Å². The van der Waals surface area contributed by atoms with Crippen LogP contribution in [-0.4, -0.2) is 42.0 Å². The van der Waals surface area contributed by atoms with Crippen molar-refractivity contribution >= 4 is 0 Å². The van der Waals surface area contributed by atoms with Crippen LogP contribution in [0.1, 0.15) is 54.6 Å². The number of hydrogen-bond donors (Lipinski definition) is 0. The van der Waals surface area contributed by atoms with E-state index in [2.05, 4.69) is 56.4 Å². The van der Waals surface area contributed by atoms with Crippen LogP contribution in [0.15, 0.2) is 6.07 Å². The molecule has 6 nitrogen and oxygen atoms in total. The van der Waals surface area contributed by atoms with Crippen molar-refractivity contribution in [3.05, 3.63) is 29.1 Å². The highest BCUT2D eigenvalue weighted by molar-refractivity contribution is 5.09. The lowest BCUT2D eigenvalue weighted by Gasteiger charge is -2.24. The second-order valence-corrected chi connectivity index (χ2v) is 7.18. The van der Waals surface area contributed by atoms with Gasteiger partial charge >= 0.3 is 0 Å². The first-order valence-electron chi connectivity index (χ1n) is 8.75. The normalized spacial score (nSPS) is 22.1. The monoisotopic (exact) mass is 314 g/mol. The van der Waals surface area contributed by atoms with Gasteiger partial charge in [0.1, 0.15) is 11.6 Å². The van der Waals surface area contributed by atoms with E-state index in [-0.39, 0.29) is 0 Å². The lowest BCUT2D eigenvalue weighted by atomic mass is 10.2. The third-order valence-corrected chi connectivity index (χ3v) is 5.27. The van der Waals surface area contributed by atoms with Gasteiger partial charge < -0.3 is 4.57 Å². The van der Waals surface area contributed by atoms with Crippen LogP contribution in [0.4, 0.5) is 0 Å². The van der Waals surface area contributed by atoms with E-state index in [0.717, 1.165) is 31.2 Å². The van der Waals surface area contributed by atoms with E-state index < -0.39 is 0 Å². The molecule has 0 N–H and O–H groups in total. The van der Waals surface area contributed by atoms with E-state index in [0.29, 0.717) is 12.0 Å². The standard InChI is InChI=1S/C17H26N6/c1-12-9-13(2)23(20-12)10-15-5-4-8-22(15)11-16-18-19-17(21(16)3)14-6-7-14/h9,14-15H,4-8,10-11H2,1-3H3. The summed E-state index contributed by atoms with van der Waals surface area (Å²) < 4.78 is 4.38. The molecule has 124 valence electrons. The zero-order valence-electron chi connectivity index (χ0n) is 14.4. The molecule has 0 aromatic carbocycles. The molecule has 2 aromatic rings. The predicted octanol–water partition coefficient (Wildman–Crippen LogP) is 2.17. The summed E-state index contributed by atoms with van der Waals surface area (Å²) in [7, 11) is 2.12. The van der Waals surface area contributed by atoms with E-state index in [4.69, 9.17) is 0 Å². The number of aryl methyl sites for hydroxylation is 2.